The molecule has 0 atom stereocenters. The zero-order chi connectivity index (χ0) is 18.6. The maximum absolute atomic E-state index is 12.4. The second kappa shape index (κ2) is 8.44. The highest BCUT2D eigenvalue weighted by Crippen LogP contribution is 2.33. The average molecular weight is 367 g/mol. The summed E-state index contributed by atoms with van der Waals surface area (Å²) < 4.78 is 4.76. The van der Waals surface area contributed by atoms with Gasteiger partial charge in [-0.1, -0.05) is 19.3 Å². The second-order valence-corrected chi connectivity index (χ2v) is 7.39. The van der Waals surface area contributed by atoms with Crippen molar-refractivity contribution < 1.29 is 19.1 Å². The molecule has 1 fully saturated rings. The van der Waals surface area contributed by atoms with E-state index in [1.165, 1.54) is 26.4 Å². The number of primary amides is 1. The zero-order valence-electron chi connectivity index (χ0n) is 14.9. The number of amides is 2. The molecule has 0 aromatic carbocycles. The van der Waals surface area contributed by atoms with Crippen LogP contribution in [-0.4, -0.2) is 49.4 Å². The number of esters is 1. The Kier molecular flexibility index (Phi) is 6.55. The third-order valence-electron chi connectivity index (χ3n) is 4.60. The van der Waals surface area contributed by atoms with Crippen LogP contribution in [0.3, 0.4) is 0 Å². The number of nitrogens with zero attached hydrogens (tertiary/aromatic N) is 1. The lowest BCUT2D eigenvalue weighted by Crippen LogP contribution is -2.39. The van der Waals surface area contributed by atoms with E-state index >= 15 is 0 Å². The fourth-order valence-corrected chi connectivity index (χ4v) is 4.29. The quantitative estimate of drug-likeness (QED) is 0.750. The van der Waals surface area contributed by atoms with Crippen LogP contribution < -0.4 is 11.1 Å². The third kappa shape index (κ3) is 4.58. The van der Waals surface area contributed by atoms with E-state index in [2.05, 4.69) is 5.32 Å². The molecule has 1 saturated carbocycles. The highest BCUT2D eigenvalue weighted by molar-refractivity contribution is 7.18. The molecule has 1 aliphatic carbocycles. The summed E-state index contributed by atoms with van der Waals surface area (Å²) in [5.41, 5.74) is 5.97. The maximum atomic E-state index is 12.4. The first kappa shape index (κ1) is 19.4. The number of ether oxygens (including phenoxy) is 1. The number of likely N-dealkylation sites (N-methyl/N-ethyl adjacent to an activating group) is 1. The van der Waals surface area contributed by atoms with Gasteiger partial charge < -0.3 is 15.8 Å². The first-order chi connectivity index (χ1) is 11.8. The van der Waals surface area contributed by atoms with Crippen LogP contribution in [-0.2, 0) is 9.53 Å². The van der Waals surface area contributed by atoms with Crippen molar-refractivity contribution in [2.75, 3.05) is 26.0 Å². The van der Waals surface area contributed by atoms with Gasteiger partial charge in [0.05, 0.1) is 24.1 Å². The van der Waals surface area contributed by atoms with Crippen LogP contribution in [0.1, 0.15) is 57.7 Å². The van der Waals surface area contributed by atoms with Crippen molar-refractivity contribution in [3.63, 3.8) is 0 Å². The number of thiophene rings is 1. The van der Waals surface area contributed by atoms with Gasteiger partial charge in [-0.3, -0.25) is 14.5 Å². The van der Waals surface area contributed by atoms with Crippen LogP contribution in [0.2, 0.25) is 0 Å². The van der Waals surface area contributed by atoms with Crippen molar-refractivity contribution in [1.29, 1.82) is 0 Å². The van der Waals surface area contributed by atoms with Gasteiger partial charge in [0, 0.05) is 6.04 Å². The number of carbonyl (C=O) groups excluding carboxylic acids is 3. The number of hydrogen-bond donors (Lipinski definition) is 2. The van der Waals surface area contributed by atoms with E-state index in [0.29, 0.717) is 16.6 Å². The number of rotatable bonds is 6. The molecule has 7 nitrogen and oxygen atoms in total. The first-order valence-corrected chi connectivity index (χ1v) is 9.18. The predicted octanol–water partition coefficient (Wildman–Crippen LogP) is 2.15. The van der Waals surface area contributed by atoms with Gasteiger partial charge in [-0.25, -0.2) is 4.79 Å². The number of carbonyl (C=O) groups is 3. The molecule has 3 N–H and O–H groups in total. The largest absolute Gasteiger partial charge is 0.465 e. The predicted molar refractivity (Wildman–Crippen MR) is 97.0 cm³/mol. The lowest BCUT2D eigenvalue weighted by molar-refractivity contribution is -0.117. The summed E-state index contributed by atoms with van der Waals surface area (Å²) in [5.74, 6) is -1.46. The lowest BCUT2D eigenvalue weighted by Gasteiger charge is -2.30. The van der Waals surface area contributed by atoms with E-state index in [9.17, 15) is 14.4 Å². The van der Waals surface area contributed by atoms with Gasteiger partial charge >= 0.3 is 5.97 Å². The van der Waals surface area contributed by atoms with Crippen LogP contribution in [0, 0.1) is 6.92 Å². The molecular formula is C17H25N3O4S. The normalized spacial score (nSPS) is 15.2. The molecule has 0 aliphatic heterocycles. The molecule has 0 spiro atoms. The molecule has 138 valence electrons. The molecule has 0 unspecified atom stereocenters. The Bertz CT molecular complexity index is 665. The molecule has 0 saturated heterocycles. The SMILES string of the molecule is COC(=O)c1c(NC(=O)CN(C)C2CCCCC2)sc(C(N)=O)c1C. The monoisotopic (exact) mass is 367 g/mol. The van der Waals surface area contributed by atoms with Gasteiger partial charge in [-0.15, -0.1) is 11.3 Å². The minimum Gasteiger partial charge on any atom is -0.465 e. The Morgan fingerprint density at radius 3 is 2.48 bits per heavy atom. The van der Waals surface area contributed by atoms with Crippen LogP contribution in [0.4, 0.5) is 5.00 Å². The summed E-state index contributed by atoms with van der Waals surface area (Å²) in [5, 5.41) is 3.05. The number of nitrogens with one attached hydrogen (secondary N) is 1. The van der Waals surface area contributed by atoms with E-state index in [0.717, 1.165) is 24.2 Å². The Hall–Kier alpha value is -1.93. The highest BCUT2D eigenvalue weighted by Gasteiger charge is 2.26. The van der Waals surface area contributed by atoms with Gasteiger partial charge in [0.25, 0.3) is 5.91 Å². The van der Waals surface area contributed by atoms with Crippen molar-refractivity contribution in [3.05, 3.63) is 16.0 Å². The number of anilines is 1. The molecular weight excluding hydrogens is 342 g/mol. The summed E-state index contributed by atoms with van der Waals surface area (Å²) in [7, 11) is 3.19. The summed E-state index contributed by atoms with van der Waals surface area (Å²) in [4.78, 5) is 38.2. The van der Waals surface area contributed by atoms with E-state index in [4.69, 9.17) is 10.5 Å². The van der Waals surface area contributed by atoms with Crippen LogP contribution >= 0.6 is 11.3 Å². The highest BCUT2D eigenvalue weighted by atomic mass is 32.1. The summed E-state index contributed by atoms with van der Waals surface area (Å²) in [6.45, 7) is 1.85. The van der Waals surface area contributed by atoms with Crippen molar-refractivity contribution in [3.8, 4) is 0 Å². The Morgan fingerprint density at radius 2 is 1.92 bits per heavy atom. The van der Waals surface area contributed by atoms with Crippen LogP contribution in [0.15, 0.2) is 0 Å². The smallest absolute Gasteiger partial charge is 0.341 e. The fourth-order valence-electron chi connectivity index (χ4n) is 3.23. The molecule has 0 bridgehead atoms. The van der Waals surface area contributed by atoms with Crippen molar-refractivity contribution >= 4 is 34.1 Å². The Morgan fingerprint density at radius 1 is 1.28 bits per heavy atom. The number of hydrogen-bond acceptors (Lipinski definition) is 6. The minimum atomic E-state index is -0.632. The summed E-state index contributed by atoms with van der Waals surface area (Å²) in [6, 6.07) is 0.408. The first-order valence-electron chi connectivity index (χ1n) is 8.36. The average Bonchev–Trinajstić information content (AvgIpc) is 2.91. The number of methoxy groups -OCH3 is 1. The third-order valence-corrected chi connectivity index (χ3v) is 5.83. The van der Waals surface area contributed by atoms with Gasteiger partial charge in [0.1, 0.15) is 5.00 Å². The number of nitrogens with two attached hydrogens (primary N) is 1. The molecule has 8 heteroatoms. The second-order valence-electron chi connectivity index (χ2n) is 6.37. The topological polar surface area (TPSA) is 102 Å². The van der Waals surface area contributed by atoms with E-state index in [-0.39, 0.29) is 22.9 Å². The summed E-state index contributed by atoms with van der Waals surface area (Å²) >= 11 is 1.00. The van der Waals surface area contributed by atoms with Crippen molar-refractivity contribution in [2.24, 2.45) is 5.73 Å². The van der Waals surface area contributed by atoms with Crippen LogP contribution in [0.5, 0.6) is 0 Å². The van der Waals surface area contributed by atoms with E-state index in [1.807, 2.05) is 11.9 Å². The molecule has 0 radical (unpaired) electrons. The van der Waals surface area contributed by atoms with Gasteiger partial charge in [0.2, 0.25) is 5.91 Å². The van der Waals surface area contributed by atoms with E-state index < -0.39 is 11.9 Å². The molecule has 1 aliphatic rings. The van der Waals surface area contributed by atoms with Gasteiger partial charge in [-0.2, -0.15) is 0 Å². The maximum Gasteiger partial charge on any atom is 0.341 e. The summed E-state index contributed by atoms with van der Waals surface area (Å²) in [6.07, 6.45) is 5.83. The standard InChI is InChI=1S/C17H25N3O4S/c1-10-13(17(23)24-3)16(25-14(10)15(18)22)19-12(21)9-20(2)11-7-5-4-6-8-11/h11H,4-9H2,1-3H3,(H2,18,22)(H,19,21). The van der Waals surface area contributed by atoms with E-state index in [1.54, 1.807) is 6.92 Å². The fraction of sp³-hybridized carbons (Fsp3) is 0.588. The molecule has 2 amide bonds. The van der Waals surface area contributed by atoms with Crippen molar-refractivity contribution in [2.45, 2.75) is 45.1 Å². The van der Waals surface area contributed by atoms with Crippen molar-refractivity contribution in [1.82, 2.24) is 4.90 Å². The molecule has 1 heterocycles. The Balaban J connectivity index is 2.12. The molecule has 2 rings (SSSR count). The minimum absolute atomic E-state index is 0.190. The van der Waals surface area contributed by atoms with Gasteiger partial charge in [0.15, 0.2) is 0 Å². The molecule has 1 aromatic rings. The molecule has 25 heavy (non-hydrogen) atoms. The Labute approximate surface area is 151 Å². The van der Waals surface area contributed by atoms with Gasteiger partial charge in [-0.05, 0) is 32.4 Å². The van der Waals surface area contributed by atoms with Crippen LogP contribution in [0.25, 0.3) is 0 Å². The lowest BCUT2D eigenvalue weighted by atomic mass is 9.94. The molecule has 1 aromatic heterocycles. The zero-order valence-corrected chi connectivity index (χ0v) is 15.7.